The molecule has 214 valence electrons. The molecule has 3 aromatic rings. The lowest BCUT2D eigenvalue weighted by Gasteiger charge is -2.37. The van der Waals surface area contributed by atoms with Gasteiger partial charge in [0.05, 0.1) is 39.9 Å². The summed E-state index contributed by atoms with van der Waals surface area (Å²) in [5, 5.41) is 13.6. The Morgan fingerprint density at radius 2 is 1.85 bits per heavy atom. The maximum Gasteiger partial charge on any atom is 0.410 e. The van der Waals surface area contributed by atoms with Crippen LogP contribution in [-0.4, -0.2) is 65.4 Å². The van der Waals surface area contributed by atoms with E-state index in [0.717, 1.165) is 5.69 Å². The van der Waals surface area contributed by atoms with Crippen LogP contribution in [0.2, 0.25) is 5.02 Å². The molecule has 1 aliphatic heterocycles. The predicted octanol–water partition coefficient (Wildman–Crippen LogP) is 6.49. The molecule has 11 heteroatoms. The van der Waals surface area contributed by atoms with Crippen LogP contribution in [0.25, 0.3) is 10.9 Å². The molecule has 2 aromatic carbocycles. The van der Waals surface area contributed by atoms with Crippen molar-refractivity contribution in [3.63, 3.8) is 0 Å². The highest BCUT2D eigenvalue weighted by Gasteiger charge is 2.29. The molecule has 0 unspecified atom stereocenters. The summed E-state index contributed by atoms with van der Waals surface area (Å²) < 4.78 is 26.4. The van der Waals surface area contributed by atoms with E-state index in [0.29, 0.717) is 61.6 Å². The zero-order valence-electron chi connectivity index (χ0n) is 23.3. The van der Waals surface area contributed by atoms with Crippen molar-refractivity contribution < 1.29 is 28.6 Å². The maximum atomic E-state index is 14.9. The van der Waals surface area contributed by atoms with Crippen LogP contribution in [-0.2, 0) is 11.2 Å². The highest BCUT2D eigenvalue weighted by Crippen LogP contribution is 2.40. The average molecular weight is 573 g/mol. The molecule has 0 aliphatic carbocycles. The monoisotopic (exact) mass is 572 g/mol. The Morgan fingerprint density at radius 1 is 1.15 bits per heavy atom. The first kappa shape index (κ1) is 29.2. The first-order valence-corrected chi connectivity index (χ1v) is 13.6. The third-order valence-corrected chi connectivity index (χ3v) is 6.76. The highest BCUT2D eigenvalue weighted by molar-refractivity contribution is 6.31. The third-order valence-electron chi connectivity index (χ3n) is 6.47. The van der Waals surface area contributed by atoms with Gasteiger partial charge in [-0.15, -0.1) is 0 Å². The standard InChI is InChI=1S/C29H34ClFN4O5/c1-6-19-24(27(36)37)26(33-20-10-8-9-18(30)25(20)31)17-15-22(23(39-7-2)16-21(17)32-19)34-11-13-35(14-12-34)28(38)40-29(3,4)5/h8-10,15-16H,6-7,11-14H2,1-5H3,(H,32,33)(H,36,37). The first-order chi connectivity index (χ1) is 18.9. The summed E-state index contributed by atoms with van der Waals surface area (Å²) in [5.41, 5.74) is 1.21. The number of carbonyl (C=O) groups excluding carboxylic acids is 1. The van der Waals surface area contributed by atoms with Crippen LogP contribution in [0, 0.1) is 5.82 Å². The van der Waals surface area contributed by atoms with Crippen molar-refractivity contribution in [3.05, 3.63) is 52.4 Å². The van der Waals surface area contributed by atoms with Crippen LogP contribution >= 0.6 is 11.6 Å². The Morgan fingerprint density at radius 3 is 2.45 bits per heavy atom. The van der Waals surface area contributed by atoms with E-state index in [4.69, 9.17) is 21.1 Å². The number of anilines is 3. The van der Waals surface area contributed by atoms with E-state index in [2.05, 4.69) is 15.2 Å². The second-order valence-corrected chi connectivity index (χ2v) is 10.8. The van der Waals surface area contributed by atoms with Gasteiger partial charge in [0.15, 0.2) is 5.82 Å². The molecule has 9 nitrogen and oxygen atoms in total. The van der Waals surface area contributed by atoms with Crippen LogP contribution in [0.3, 0.4) is 0 Å². The fourth-order valence-corrected chi connectivity index (χ4v) is 4.83. The first-order valence-electron chi connectivity index (χ1n) is 13.2. The number of hydrogen-bond donors (Lipinski definition) is 2. The molecule has 0 spiro atoms. The summed E-state index contributed by atoms with van der Waals surface area (Å²) in [6.45, 7) is 11.5. The highest BCUT2D eigenvalue weighted by atomic mass is 35.5. The number of nitrogens with zero attached hydrogens (tertiary/aromatic N) is 3. The molecule has 0 bridgehead atoms. The minimum atomic E-state index is -1.18. The van der Waals surface area contributed by atoms with Crippen molar-refractivity contribution in [2.75, 3.05) is 43.0 Å². The number of halogens is 2. The number of carbonyl (C=O) groups is 2. The minimum absolute atomic E-state index is 0.0424. The number of pyridine rings is 1. The molecule has 40 heavy (non-hydrogen) atoms. The van der Waals surface area contributed by atoms with E-state index in [1.165, 1.54) is 12.1 Å². The van der Waals surface area contributed by atoms with Gasteiger partial charge in [-0.1, -0.05) is 24.6 Å². The lowest BCUT2D eigenvalue weighted by atomic mass is 10.0. The number of aromatic carboxylic acids is 1. The molecular weight excluding hydrogens is 539 g/mol. The van der Waals surface area contributed by atoms with Crippen LogP contribution in [0.1, 0.15) is 50.7 Å². The van der Waals surface area contributed by atoms with Gasteiger partial charge in [-0.05, 0) is 52.3 Å². The van der Waals surface area contributed by atoms with Gasteiger partial charge in [-0.2, -0.15) is 0 Å². The number of hydrogen-bond acceptors (Lipinski definition) is 7. The summed E-state index contributed by atoms with van der Waals surface area (Å²) in [6.07, 6.45) is -0.0177. The fourth-order valence-electron chi connectivity index (χ4n) is 4.66. The van der Waals surface area contributed by atoms with Gasteiger partial charge in [0.1, 0.15) is 16.9 Å². The smallest absolute Gasteiger partial charge is 0.410 e. The number of amides is 1. The van der Waals surface area contributed by atoms with Crippen molar-refractivity contribution in [2.24, 2.45) is 0 Å². The van der Waals surface area contributed by atoms with Gasteiger partial charge >= 0.3 is 12.1 Å². The molecule has 1 fully saturated rings. The molecule has 1 amide bonds. The second-order valence-electron chi connectivity index (χ2n) is 10.4. The normalized spacial score (nSPS) is 13.9. The van der Waals surface area contributed by atoms with Crippen molar-refractivity contribution in [1.29, 1.82) is 0 Å². The zero-order valence-corrected chi connectivity index (χ0v) is 24.1. The van der Waals surface area contributed by atoms with Crippen LogP contribution in [0.4, 0.5) is 26.2 Å². The zero-order chi connectivity index (χ0) is 29.2. The third kappa shape index (κ3) is 6.17. The number of piperazine rings is 1. The minimum Gasteiger partial charge on any atom is -0.492 e. The Bertz CT molecular complexity index is 1430. The largest absolute Gasteiger partial charge is 0.492 e. The van der Waals surface area contributed by atoms with Gasteiger partial charge in [0, 0.05) is 37.6 Å². The summed E-state index contributed by atoms with van der Waals surface area (Å²) in [7, 11) is 0. The number of carboxylic acids is 1. The average Bonchev–Trinajstić information content (AvgIpc) is 2.89. The number of ether oxygens (including phenoxy) is 2. The van der Waals surface area contributed by atoms with Gasteiger partial charge in [-0.25, -0.2) is 14.0 Å². The summed E-state index contributed by atoms with van der Waals surface area (Å²) in [4.78, 5) is 33.4. The molecule has 1 saturated heterocycles. The van der Waals surface area contributed by atoms with Crippen LogP contribution in [0.5, 0.6) is 5.75 Å². The molecule has 0 radical (unpaired) electrons. The van der Waals surface area contributed by atoms with E-state index >= 15 is 0 Å². The van der Waals surface area contributed by atoms with Gasteiger partial charge < -0.3 is 29.7 Å². The number of benzene rings is 2. The van der Waals surface area contributed by atoms with Crippen molar-refractivity contribution in [3.8, 4) is 5.75 Å². The molecule has 1 aromatic heterocycles. The Balaban J connectivity index is 1.81. The number of rotatable bonds is 7. The SMILES string of the molecule is CCOc1cc2nc(CC)c(C(=O)O)c(Nc3cccc(Cl)c3F)c2cc1N1CCN(C(=O)OC(C)(C)C)CC1. The lowest BCUT2D eigenvalue weighted by molar-refractivity contribution is 0.0240. The number of carboxylic acid groups (broad SMARTS) is 1. The van der Waals surface area contributed by atoms with Crippen LogP contribution in [0.15, 0.2) is 30.3 Å². The van der Waals surface area contributed by atoms with Crippen molar-refractivity contribution in [2.45, 2.75) is 46.6 Å². The van der Waals surface area contributed by atoms with E-state index in [9.17, 15) is 19.1 Å². The fraction of sp³-hybridized carbons (Fsp3) is 0.414. The molecule has 2 N–H and O–H groups in total. The van der Waals surface area contributed by atoms with Crippen LogP contribution < -0.4 is 15.0 Å². The summed E-state index contributed by atoms with van der Waals surface area (Å²) in [6, 6.07) is 8.09. The molecular formula is C29H34ClFN4O5. The maximum absolute atomic E-state index is 14.9. The van der Waals surface area contributed by atoms with E-state index < -0.39 is 17.4 Å². The Labute approximate surface area is 237 Å². The van der Waals surface area contributed by atoms with E-state index in [1.807, 2.05) is 40.7 Å². The Hall–Kier alpha value is -3.79. The molecule has 2 heterocycles. The second kappa shape index (κ2) is 11.8. The summed E-state index contributed by atoms with van der Waals surface area (Å²) >= 11 is 6.01. The van der Waals surface area contributed by atoms with E-state index in [1.54, 1.807) is 17.0 Å². The number of fused-ring (bicyclic) bond motifs is 1. The topological polar surface area (TPSA) is 104 Å². The van der Waals surface area contributed by atoms with Crippen molar-refractivity contribution >= 4 is 51.6 Å². The quantitative estimate of drug-likeness (QED) is 0.331. The van der Waals surface area contributed by atoms with E-state index in [-0.39, 0.29) is 28.1 Å². The van der Waals surface area contributed by atoms with Crippen molar-refractivity contribution in [1.82, 2.24) is 9.88 Å². The van der Waals surface area contributed by atoms with Gasteiger partial charge in [0.2, 0.25) is 0 Å². The number of aromatic nitrogens is 1. The van der Waals surface area contributed by atoms with Gasteiger partial charge in [0.25, 0.3) is 0 Å². The number of nitrogens with one attached hydrogen (secondary N) is 1. The summed E-state index contributed by atoms with van der Waals surface area (Å²) in [5.74, 6) is -1.29. The van der Waals surface area contributed by atoms with Gasteiger partial charge in [-0.3, -0.25) is 4.98 Å². The predicted molar refractivity (Wildman–Crippen MR) is 154 cm³/mol. The Kier molecular flexibility index (Phi) is 8.58. The number of aryl methyl sites for hydroxylation is 1. The molecule has 0 saturated carbocycles. The lowest BCUT2D eigenvalue weighted by Crippen LogP contribution is -2.50. The molecule has 0 atom stereocenters. The molecule has 1 aliphatic rings. The molecule has 4 rings (SSSR count).